The molecular formula is C16H23F3N2. The van der Waals surface area contributed by atoms with Crippen LogP contribution < -0.4 is 10.6 Å². The van der Waals surface area contributed by atoms with Gasteiger partial charge in [-0.25, -0.2) is 0 Å². The largest absolute Gasteiger partial charge is 0.416 e. The molecule has 1 aliphatic carbocycles. The molecule has 0 amide bonds. The number of anilines is 2. The van der Waals surface area contributed by atoms with Crippen molar-refractivity contribution in [3.05, 3.63) is 23.8 Å². The SMILES string of the molecule is CCC1CCC(N(C)c2ccc(C(F)(F)F)cc2N)CC1. The van der Waals surface area contributed by atoms with Gasteiger partial charge >= 0.3 is 6.18 Å². The molecule has 0 aromatic heterocycles. The molecule has 0 atom stereocenters. The number of benzene rings is 1. The highest BCUT2D eigenvalue weighted by molar-refractivity contribution is 5.68. The summed E-state index contributed by atoms with van der Waals surface area (Å²) >= 11 is 0. The zero-order valence-corrected chi connectivity index (χ0v) is 12.6. The minimum atomic E-state index is -4.34. The monoisotopic (exact) mass is 300 g/mol. The summed E-state index contributed by atoms with van der Waals surface area (Å²) < 4.78 is 38.0. The highest BCUT2D eigenvalue weighted by atomic mass is 19.4. The first kappa shape index (κ1) is 16.0. The number of alkyl halides is 3. The number of rotatable bonds is 3. The van der Waals surface area contributed by atoms with Crippen molar-refractivity contribution < 1.29 is 13.2 Å². The molecule has 0 radical (unpaired) electrons. The molecule has 1 aliphatic rings. The quantitative estimate of drug-likeness (QED) is 0.820. The topological polar surface area (TPSA) is 29.3 Å². The third-order valence-corrected chi connectivity index (χ3v) is 4.68. The van der Waals surface area contributed by atoms with Crippen molar-refractivity contribution in [1.82, 2.24) is 0 Å². The summed E-state index contributed by atoms with van der Waals surface area (Å²) in [5, 5.41) is 0. The standard InChI is InChI=1S/C16H23F3N2/c1-3-11-4-7-13(8-5-11)21(2)15-9-6-12(10-14(15)20)16(17,18)19/h6,9-11,13H,3-5,7-8,20H2,1-2H3. The number of nitrogens with zero attached hydrogens (tertiary/aromatic N) is 1. The van der Waals surface area contributed by atoms with Gasteiger partial charge < -0.3 is 10.6 Å². The van der Waals surface area contributed by atoms with E-state index in [0.29, 0.717) is 11.7 Å². The molecule has 21 heavy (non-hydrogen) atoms. The molecule has 0 saturated heterocycles. The second-order valence-electron chi connectivity index (χ2n) is 5.97. The van der Waals surface area contributed by atoms with Crippen molar-refractivity contribution in [3.8, 4) is 0 Å². The van der Waals surface area contributed by atoms with Gasteiger partial charge in [0, 0.05) is 13.1 Å². The van der Waals surface area contributed by atoms with Gasteiger partial charge in [0.15, 0.2) is 0 Å². The molecule has 0 heterocycles. The Labute approximate surface area is 124 Å². The van der Waals surface area contributed by atoms with E-state index in [9.17, 15) is 13.2 Å². The lowest BCUT2D eigenvalue weighted by Crippen LogP contribution is -2.35. The summed E-state index contributed by atoms with van der Waals surface area (Å²) in [6, 6.07) is 4.00. The van der Waals surface area contributed by atoms with Gasteiger partial charge in [0.2, 0.25) is 0 Å². The molecule has 118 valence electrons. The predicted octanol–water partition coefficient (Wildman–Crippen LogP) is 4.69. The molecule has 2 nitrogen and oxygen atoms in total. The summed E-state index contributed by atoms with van der Waals surface area (Å²) in [4.78, 5) is 2.04. The van der Waals surface area contributed by atoms with Gasteiger partial charge in [-0.1, -0.05) is 13.3 Å². The van der Waals surface area contributed by atoms with Gasteiger partial charge in [-0.2, -0.15) is 13.2 Å². The van der Waals surface area contributed by atoms with Crippen LogP contribution in [0.3, 0.4) is 0 Å². The highest BCUT2D eigenvalue weighted by Crippen LogP contribution is 2.36. The first-order chi connectivity index (χ1) is 9.82. The van der Waals surface area contributed by atoms with Crippen LogP contribution in [0.25, 0.3) is 0 Å². The lowest BCUT2D eigenvalue weighted by Gasteiger charge is -2.36. The van der Waals surface area contributed by atoms with E-state index in [-0.39, 0.29) is 5.69 Å². The van der Waals surface area contributed by atoms with E-state index in [1.54, 1.807) is 0 Å². The summed E-state index contributed by atoms with van der Waals surface area (Å²) in [6.07, 6.45) is 1.40. The molecule has 2 N–H and O–H groups in total. The van der Waals surface area contributed by atoms with Gasteiger partial charge in [-0.15, -0.1) is 0 Å². The summed E-state index contributed by atoms with van der Waals surface area (Å²) in [5.41, 5.74) is 6.05. The number of nitrogens with two attached hydrogens (primary N) is 1. The third kappa shape index (κ3) is 3.63. The van der Waals surface area contributed by atoms with E-state index >= 15 is 0 Å². The summed E-state index contributed by atoms with van der Waals surface area (Å²) in [5.74, 6) is 0.791. The summed E-state index contributed by atoms with van der Waals surface area (Å²) in [7, 11) is 1.93. The first-order valence-electron chi connectivity index (χ1n) is 7.52. The van der Waals surface area contributed by atoms with Crippen LogP contribution >= 0.6 is 0 Å². The molecular weight excluding hydrogens is 277 g/mol. The lowest BCUT2D eigenvalue weighted by atomic mass is 9.84. The van der Waals surface area contributed by atoms with Crippen molar-refractivity contribution in [2.24, 2.45) is 5.92 Å². The summed E-state index contributed by atoms with van der Waals surface area (Å²) in [6.45, 7) is 2.21. The smallest absolute Gasteiger partial charge is 0.397 e. The maximum atomic E-state index is 12.7. The molecule has 1 aromatic carbocycles. The van der Waals surface area contributed by atoms with Crippen LogP contribution in [0.5, 0.6) is 0 Å². The second-order valence-corrected chi connectivity index (χ2v) is 5.97. The Morgan fingerprint density at radius 3 is 2.29 bits per heavy atom. The van der Waals surface area contributed by atoms with E-state index in [1.165, 1.54) is 25.3 Å². The first-order valence-corrected chi connectivity index (χ1v) is 7.52. The zero-order valence-electron chi connectivity index (χ0n) is 12.6. The fourth-order valence-electron chi connectivity index (χ4n) is 3.19. The van der Waals surface area contributed by atoms with Gasteiger partial charge in [-0.05, 0) is 49.8 Å². The van der Waals surface area contributed by atoms with E-state index < -0.39 is 11.7 Å². The molecule has 1 saturated carbocycles. The molecule has 0 aliphatic heterocycles. The zero-order chi connectivity index (χ0) is 15.6. The maximum absolute atomic E-state index is 12.7. The minimum Gasteiger partial charge on any atom is -0.397 e. The van der Waals surface area contributed by atoms with Crippen molar-refractivity contribution >= 4 is 11.4 Å². The second kappa shape index (κ2) is 6.16. The van der Waals surface area contributed by atoms with Crippen LogP contribution in [0.2, 0.25) is 0 Å². The predicted molar refractivity (Wildman–Crippen MR) is 80.3 cm³/mol. The Kier molecular flexibility index (Phi) is 4.69. The van der Waals surface area contributed by atoms with Crippen LogP contribution in [0.1, 0.15) is 44.6 Å². The van der Waals surface area contributed by atoms with E-state index in [4.69, 9.17) is 5.73 Å². The molecule has 0 spiro atoms. The Morgan fingerprint density at radius 2 is 1.81 bits per heavy atom. The molecule has 0 unspecified atom stereocenters. The fraction of sp³-hybridized carbons (Fsp3) is 0.625. The van der Waals surface area contributed by atoms with Crippen molar-refractivity contribution in [2.45, 2.75) is 51.2 Å². The fourth-order valence-corrected chi connectivity index (χ4v) is 3.19. The molecule has 0 bridgehead atoms. The maximum Gasteiger partial charge on any atom is 0.416 e. The average Bonchev–Trinajstić information content (AvgIpc) is 2.45. The van der Waals surface area contributed by atoms with Gasteiger partial charge in [-0.3, -0.25) is 0 Å². The van der Waals surface area contributed by atoms with Crippen molar-refractivity contribution in [2.75, 3.05) is 17.7 Å². The number of nitrogen functional groups attached to an aromatic ring is 1. The van der Waals surface area contributed by atoms with Crippen molar-refractivity contribution in [1.29, 1.82) is 0 Å². The lowest BCUT2D eigenvalue weighted by molar-refractivity contribution is -0.137. The Hall–Kier alpha value is -1.39. The van der Waals surface area contributed by atoms with Crippen LogP contribution in [0.4, 0.5) is 24.5 Å². The third-order valence-electron chi connectivity index (χ3n) is 4.68. The van der Waals surface area contributed by atoms with E-state index in [1.807, 2.05) is 11.9 Å². The van der Waals surface area contributed by atoms with Crippen LogP contribution in [-0.4, -0.2) is 13.1 Å². The highest BCUT2D eigenvalue weighted by Gasteiger charge is 2.31. The number of halogens is 3. The normalized spacial score (nSPS) is 23.1. The Morgan fingerprint density at radius 1 is 1.19 bits per heavy atom. The van der Waals surface area contributed by atoms with Gasteiger partial charge in [0.1, 0.15) is 0 Å². The number of hydrogen-bond acceptors (Lipinski definition) is 2. The number of hydrogen-bond donors (Lipinski definition) is 1. The van der Waals surface area contributed by atoms with Gasteiger partial charge in [0.05, 0.1) is 16.9 Å². The molecule has 5 heteroatoms. The van der Waals surface area contributed by atoms with Gasteiger partial charge in [0.25, 0.3) is 0 Å². The Balaban J connectivity index is 2.11. The van der Waals surface area contributed by atoms with Crippen molar-refractivity contribution in [3.63, 3.8) is 0 Å². The van der Waals surface area contributed by atoms with Crippen LogP contribution in [-0.2, 0) is 6.18 Å². The van der Waals surface area contributed by atoms with Crippen LogP contribution in [0, 0.1) is 5.92 Å². The van der Waals surface area contributed by atoms with Crippen LogP contribution in [0.15, 0.2) is 18.2 Å². The average molecular weight is 300 g/mol. The van der Waals surface area contributed by atoms with E-state index in [2.05, 4.69) is 6.92 Å². The van der Waals surface area contributed by atoms with E-state index in [0.717, 1.165) is 30.9 Å². The Bertz CT molecular complexity index is 477. The molecule has 1 fully saturated rings. The molecule has 2 rings (SSSR count). The minimum absolute atomic E-state index is 0.199. The molecule has 1 aromatic rings.